The molecule has 7 nitrogen and oxygen atoms in total. The van der Waals surface area contributed by atoms with Gasteiger partial charge in [-0.15, -0.1) is 0 Å². The highest BCUT2D eigenvalue weighted by molar-refractivity contribution is 6.32. The zero-order valence-corrected chi connectivity index (χ0v) is 17.7. The Kier molecular flexibility index (Phi) is 8.61. The van der Waals surface area contributed by atoms with Crippen LogP contribution in [-0.4, -0.2) is 46.1 Å². The molecule has 1 unspecified atom stereocenters. The van der Waals surface area contributed by atoms with Gasteiger partial charge >= 0.3 is 0 Å². The van der Waals surface area contributed by atoms with E-state index in [9.17, 15) is 4.79 Å². The van der Waals surface area contributed by atoms with Crippen molar-refractivity contribution in [1.82, 2.24) is 5.32 Å². The Bertz CT molecular complexity index is 840. The topological polar surface area (TPSA) is 78.4 Å². The van der Waals surface area contributed by atoms with Gasteiger partial charge in [0.05, 0.1) is 32.6 Å². The van der Waals surface area contributed by atoms with E-state index in [-0.39, 0.29) is 5.91 Å². The van der Waals surface area contributed by atoms with Crippen LogP contribution in [0.2, 0.25) is 5.02 Å². The number of amides is 1. The smallest absolute Gasteiger partial charge is 0.263 e. The summed E-state index contributed by atoms with van der Waals surface area (Å²) in [7, 11) is 4.65. The summed E-state index contributed by atoms with van der Waals surface area (Å²) in [5.41, 5.74) is 1.75. The summed E-state index contributed by atoms with van der Waals surface area (Å²) in [6, 6.07) is 11.1. The molecule has 0 aromatic heterocycles. The van der Waals surface area contributed by atoms with E-state index in [0.717, 1.165) is 11.3 Å². The van der Waals surface area contributed by atoms with E-state index in [1.165, 1.54) is 20.4 Å². The minimum atomic E-state index is -0.738. The number of hydrogen-bond acceptors (Lipinski definition) is 6. The number of halogens is 1. The maximum absolute atomic E-state index is 12.1. The van der Waals surface area contributed by atoms with Crippen LogP contribution in [0.5, 0.6) is 17.2 Å². The number of methoxy groups -OCH3 is 3. The highest BCUT2D eigenvalue weighted by atomic mass is 35.5. The molecule has 1 atom stereocenters. The van der Waals surface area contributed by atoms with Gasteiger partial charge in [-0.2, -0.15) is 0 Å². The lowest BCUT2D eigenvalue weighted by molar-refractivity contribution is -0.131. The first-order valence-electron chi connectivity index (χ1n) is 8.99. The molecule has 0 fully saturated rings. The molecule has 1 amide bonds. The number of hydrogen-bond donors (Lipinski definition) is 1. The van der Waals surface area contributed by atoms with Crippen molar-refractivity contribution in [2.75, 3.05) is 27.9 Å². The fraction of sp³-hybridized carbons (Fsp3) is 0.333. The van der Waals surface area contributed by atoms with E-state index in [0.29, 0.717) is 35.1 Å². The van der Waals surface area contributed by atoms with Gasteiger partial charge in [0.2, 0.25) is 6.10 Å². The Labute approximate surface area is 175 Å². The number of nitrogens with zero attached hydrogens (tertiary/aromatic N) is 1. The molecule has 29 heavy (non-hydrogen) atoms. The predicted octanol–water partition coefficient (Wildman–Crippen LogP) is 3.46. The van der Waals surface area contributed by atoms with Gasteiger partial charge in [-0.25, -0.2) is 0 Å². The molecule has 1 N–H and O–H groups in total. The van der Waals surface area contributed by atoms with E-state index in [4.69, 9.17) is 30.6 Å². The molecule has 2 aromatic carbocycles. The predicted molar refractivity (Wildman–Crippen MR) is 112 cm³/mol. The van der Waals surface area contributed by atoms with Gasteiger partial charge in [0.1, 0.15) is 5.75 Å². The highest BCUT2D eigenvalue weighted by Crippen LogP contribution is 2.35. The molecule has 2 rings (SSSR count). The summed E-state index contributed by atoms with van der Waals surface area (Å²) < 4.78 is 15.5. The van der Waals surface area contributed by atoms with Crippen LogP contribution in [0.4, 0.5) is 0 Å². The standard InChI is InChI=1S/C21H25ClN2O5/c1-14(21(25)23-10-9-15-5-7-17(26-2)8-6-15)29-24-13-16-11-18(22)20(28-4)19(12-16)27-3/h5-8,11-14H,9-10H2,1-4H3,(H,23,25)/b24-13+. The Morgan fingerprint density at radius 3 is 2.48 bits per heavy atom. The monoisotopic (exact) mass is 420 g/mol. The van der Waals surface area contributed by atoms with Crippen LogP contribution in [0.3, 0.4) is 0 Å². The van der Waals surface area contributed by atoms with Crippen LogP contribution >= 0.6 is 11.6 Å². The number of nitrogens with one attached hydrogen (secondary N) is 1. The average Bonchev–Trinajstić information content (AvgIpc) is 2.73. The maximum Gasteiger partial charge on any atom is 0.263 e. The van der Waals surface area contributed by atoms with Crippen molar-refractivity contribution >= 4 is 23.7 Å². The van der Waals surface area contributed by atoms with Crippen LogP contribution in [0, 0.1) is 0 Å². The molecule has 0 saturated carbocycles. The number of benzene rings is 2. The third-order valence-corrected chi connectivity index (χ3v) is 4.40. The van der Waals surface area contributed by atoms with Crippen LogP contribution in [0.1, 0.15) is 18.1 Å². The third-order valence-electron chi connectivity index (χ3n) is 4.12. The molecular weight excluding hydrogens is 396 g/mol. The van der Waals surface area contributed by atoms with E-state index >= 15 is 0 Å². The third kappa shape index (κ3) is 6.57. The zero-order valence-electron chi connectivity index (χ0n) is 16.9. The number of carbonyl (C=O) groups is 1. The molecule has 0 saturated heterocycles. The van der Waals surface area contributed by atoms with Gasteiger partial charge in [0.15, 0.2) is 11.5 Å². The number of ether oxygens (including phenoxy) is 3. The summed E-state index contributed by atoms with van der Waals surface area (Å²) in [5, 5.41) is 7.08. The normalized spacial score (nSPS) is 11.8. The maximum atomic E-state index is 12.1. The quantitative estimate of drug-likeness (QED) is 0.470. The molecule has 0 aliphatic rings. The molecule has 2 aromatic rings. The largest absolute Gasteiger partial charge is 0.497 e. The van der Waals surface area contributed by atoms with Gasteiger partial charge < -0.3 is 24.4 Å². The van der Waals surface area contributed by atoms with Gasteiger partial charge in [-0.3, -0.25) is 4.79 Å². The second-order valence-electron chi connectivity index (χ2n) is 6.11. The van der Waals surface area contributed by atoms with Crippen LogP contribution in [-0.2, 0) is 16.1 Å². The Morgan fingerprint density at radius 2 is 1.86 bits per heavy atom. The minimum absolute atomic E-state index is 0.249. The van der Waals surface area contributed by atoms with Crippen molar-refractivity contribution in [2.45, 2.75) is 19.4 Å². The molecule has 0 spiro atoms. The van der Waals surface area contributed by atoms with Crippen molar-refractivity contribution in [3.63, 3.8) is 0 Å². The minimum Gasteiger partial charge on any atom is -0.497 e. The second kappa shape index (κ2) is 11.2. The van der Waals surface area contributed by atoms with E-state index in [1.807, 2.05) is 24.3 Å². The molecule has 0 aliphatic heterocycles. The van der Waals surface area contributed by atoms with Gasteiger partial charge in [-0.05, 0) is 43.2 Å². The molecule has 0 aliphatic carbocycles. The summed E-state index contributed by atoms with van der Waals surface area (Å²) in [4.78, 5) is 17.4. The lowest BCUT2D eigenvalue weighted by atomic mass is 10.1. The van der Waals surface area contributed by atoms with Gasteiger partial charge in [0, 0.05) is 12.1 Å². The first-order valence-corrected chi connectivity index (χ1v) is 9.37. The van der Waals surface area contributed by atoms with Crippen molar-refractivity contribution in [1.29, 1.82) is 0 Å². The molecule has 0 bridgehead atoms. The Hall–Kier alpha value is -2.93. The van der Waals surface area contributed by atoms with E-state index < -0.39 is 6.10 Å². The molecule has 0 heterocycles. The average molecular weight is 421 g/mol. The fourth-order valence-electron chi connectivity index (χ4n) is 2.51. The summed E-state index contributed by atoms with van der Waals surface area (Å²) >= 11 is 6.15. The number of oxime groups is 1. The van der Waals surface area contributed by atoms with Crippen molar-refractivity contribution < 1.29 is 23.8 Å². The van der Waals surface area contributed by atoms with Crippen molar-refractivity contribution in [3.8, 4) is 17.2 Å². The first-order chi connectivity index (χ1) is 14.0. The zero-order chi connectivity index (χ0) is 21.2. The van der Waals surface area contributed by atoms with Crippen molar-refractivity contribution in [2.24, 2.45) is 5.16 Å². The summed E-state index contributed by atoms with van der Waals surface area (Å²) in [5.74, 6) is 1.47. The molecule has 8 heteroatoms. The van der Waals surface area contributed by atoms with Crippen LogP contribution in [0.25, 0.3) is 0 Å². The number of rotatable bonds is 10. The second-order valence-corrected chi connectivity index (χ2v) is 6.52. The van der Waals surface area contributed by atoms with Crippen molar-refractivity contribution in [3.05, 3.63) is 52.5 Å². The van der Waals surface area contributed by atoms with E-state index in [1.54, 1.807) is 26.2 Å². The summed E-state index contributed by atoms with van der Waals surface area (Å²) in [6.45, 7) is 2.12. The Balaban J connectivity index is 1.82. The van der Waals surface area contributed by atoms with Gasteiger partial charge in [-0.1, -0.05) is 28.9 Å². The summed E-state index contributed by atoms with van der Waals surface area (Å²) in [6.07, 6.45) is 1.42. The SMILES string of the molecule is COc1ccc(CCNC(=O)C(C)O/N=C/c2cc(Cl)c(OC)c(OC)c2)cc1. The molecule has 0 radical (unpaired) electrons. The lowest BCUT2D eigenvalue weighted by Gasteiger charge is -2.11. The fourth-order valence-corrected chi connectivity index (χ4v) is 2.81. The molecule has 156 valence electrons. The van der Waals surface area contributed by atoms with Crippen LogP contribution < -0.4 is 19.5 Å². The highest BCUT2D eigenvalue weighted by Gasteiger charge is 2.14. The van der Waals surface area contributed by atoms with Gasteiger partial charge in [0.25, 0.3) is 5.91 Å². The number of carbonyl (C=O) groups excluding carboxylic acids is 1. The van der Waals surface area contributed by atoms with Crippen LogP contribution in [0.15, 0.2) is 41.6 Å². The first kappa shape index (κ1) is 22.4. The molecular formula is C21H25ClN2O5. The van der Waals surface area contributed by atoms with E-state index in [2.05, 4.69) is 10.5 Å². The Morgan fingerprint density at radius 1 is 1.14 bits per heavy atom. The lowest BCUT2D eigenvalue weighted by Crippen LogP contribution is -2.34.